The zero-order valence-corrected chi connectivity index (χ0v) is 9.34. The summed E-state index contributed by atoms with van der Waals surface area (Å²) in [5.41, 5.74) is 3.60. The predicted octanol–water partition coefficient (Wildman–Crippen LogP) is 2.63. The summed E-state index contributed by atoms with van der Waals surface area (Å²) in [6.07, 6.45) is 2.56. The van der Waals surface area contributed by atoms with E-state index in [4.69, 9.17) is 0 Å². The second kappa shape index (κ2) is 3.90. The van der Waals surface area contributed by atoms with Gasteiger partial charge in [-0.1, -0.05) is 0 Å². The number of rotatable bonds is 2. The molecule has 2 rings (SSSR count). The molecule has 0 aliphatic heterocycles. The van der Waals surface area contributed by atoms with Crippen molar-refractivity contribution in [1.82, 2.24) is 9.97 Å². The molecular weight excluding hydrogens is 208 g/mol. The van der Waals surface area contributed by atoms with Crippen molar-refractivity contribution in [1.29, 1.82) is 0 Å². The second-order valence-corrected chi connectivity index (χ2v) is 4.19. The molecule has 4 heteroatoms. The van der Waals surface area contributed by atoms with E-state index in [9.17, 15) is 4.79 Å². The first-order valence-corrected chi connectivity index (χ1v) is 5.43. The van der Waals surface area contributed by atoms with Gasteiger partial charge >= 0.3 is 0 Å². The van der Waals surface area contributed by atoms with E-state index in [0.29, 0.717) is 5.69 Å². The number of carbonyl (C=O) groups excluding carboxylic acids is 1. The minimum Gasteiger partial charge on any atom is -0.296 e. The Morgan fingerprint density at radius 3 is 2.80 bits per heavy atom. The molecule has 0 spiro atoms. The third-order valence-corrected chi connectivity index (χ3v) is 3.01. The minimum atomic E-state index is 0.481. The van der Waals surface area contributed by atoms with Gasteiger partial charge < -0.3 is 0 Å². The Kier molecular flexibility index (Phi) is 2.60. The Hall–Kier alpha value is -1.55. The fourth-order valence-electron chi connectivity index (χ4n) is 1.38. The molecule has 0 amide bonds. The number of aldehydes is 1. The van der Waals surface area contributed by atoms with Gasteiger partial charge in [0.2, 0.25) is 0 Å². The largest absolute Gasteiger partial charge is 0.296 e. The number of carbonyl (C=O) groups is 1. The topological polar surface area (TPSA) is 42.9 Å². The lowest BCUT2D eigenvalue weighted by molar-refractivity contribution is 0.111. The van der Waals surface area contributed by atoms with Gasteiger partial charge in [0.15, 0.2) is 6.29 Å². The summed E-state index contributed by atoms with van der Waals surface area (Å²) in [4.78, 5) is 18.9. The summed E-state index contributed by atoms with van der Waals surface area (Å²) in [5, 5.41) is 2.60. The highest BCUT2D eigenvalue weighted by Crippen LogP contribution is 2.25. The fourth-order valence-corrected chi connectivity index (χ4v) is 2.22. The van der Waals surface area contributed by atoms with Crippen LogP contribution < -0.4 is 0 Å². The van der Waals surface area contributed by atoms with E-state index in [-0.39, 0.29) is 0 Å². The van der Waals surface area contributed by atoms with Crippen molar-refractivity contribution in [3.63, 3.8) is 0 Å². The van der Waals surface area contributed by atoms with Crippen molar-refractivity contribution in [2.24, 2.45) is 0 Å². The van der Waals surface area contributed by atoms with Crippen molar-refractivity contribution < 1.29 is 4.79 Å². The van der Waals surface area contributed by atoms with Crippen molar-refractivity contribution in [3.8, 4) is 10.6 Å². The van der Waals surface area contributed by atoms with Crippen LogP contribution >= 0.6 is 11.3 Å². The Morgan fingerprint density at radius 2 is 2.20 bits per heavy atom. The molecule has 0 unspecified atom stereocenters. The molecule has 0 aromatic carbocycles. The van der Waals surface area contributed by atoms with Gasteiger partial charge in [-0.25, -0.2) is 4.98 Å². The quantitative estimate of drug-likeness (QED) is 0.728. The number of hydrogen-bond acceptors (Lipinski definition) is 4. The number of nitrogens with zero attached hydrogens (tertiary/aromatic N) is 2. The molecule has 76 valence electrons. The summed E-state index contributed by atoms with van der Waals surface area (Å²) in [5.74, 6) is 0. The van der Waals surface area contributed by atoms with Gasteiger partial charge in [0.05, 0.1) is 0 Å². The van der Waals surface area contributed by atoms with Gasteiger partial charge in [0, 0.05) is 22.8 Å². The van der Waals surface area contributed by atoms with Gasteiger partial charge in [0.1, 0.15) is 10.7 Å². The second-order valence-electron chi connectivity index (χ2n) is 3.34. The van der Waals surface area contributed by atoms with Crippen LogP contribution in [0.4, 0.5) is 0 Å². The van der Waals surface area contributed by atoms with Crippen LogP contribution in [-0.4, -0.2) is 16.3 Å². The van der Waals surface area contributed by atoms with Crippen LogP contribution in [0.15, 0.2) is 17.6 Å². The molecule has 0 N–H and O–H groups in total. The molecule has 0 radical (unpaired) electrons. The lowest BCUT2D eigenvalue weighted by Gasteiger charge is -2.01. The van der Waals surface area contributed by atoms with E-state index in [0.717, 1.165) is 28.1 Å². The summed E-state index contributed by atoms with van der Waals surface area (Å²) >= 11 is 1.46. The first kappa shape index (κ1) is 9.98. The van der Waals surface area contributed by atoms with Gasteiger partial charge in [0.25, 0.3) is 0 Å². The zero-order valence-electron chi connectivity index (χ0n) is 8.52. The molecule has 3 nitrogen and oxygen atoms in total. The number of thiazole rings is 1. The van der Waals surface area contributed by atoms with Crippen molar-refractivity contribution in [2.75, 3.05) is 0 Å². The Bertz CT molecular complexity index is 505. The smallest absolute Gasteiger partial charge is 0.169 e. The Balaban J connectivity index is 2.49. The molecule has 15 heavy (non-hydrogen) atoms. The molecule has 0 aliphatic carbocycles. The van der Waals surface area contributed by atoms with Crippen molar-refractivity contribution in [3.05, 3.63) is 34.6 Å². The molecule has 0 fully saturated rings. The molecule has 0 atom stereocenters. The predicted molar refractivity (Wildman–Crippen MR) is 60.2 cm³/mol. The van der Waals surface area contributed by atoms with E-state index in [1.165, 1.54) is 11.3 Å². The molecule has 0 aliphatic rings. The molecule has 2 aromatic rings. The van der Waals surface area contributed by atoms with Crippen LogP contribution in [0.5, 0.6) is 0 Å². The van der Waals surface area contributed by atoms with E-state index in [1.807, 2.05) is 19.9 Å². The third kappa shape index (κ3) is 1.94. The summed E-state index contributed by atoms with van der Waals surface area (Å²) in [6.45, 7) is 3.97. The summed E-state index contributed by atoms with van der Waals surface area (Å²) in [7, 11) is 0. The average molecular weight is 218 g/mol. The molecule has 2 aromatic heterocycles. The van der Waals surface area contributed by atoms with Crippen LogP contribution in [0.3, 0.4) is 0 Å². The number of hydrogen-bond donors (Lipinski definition) is 0. The molecule has 0 saturated carbocycles. The number of aromatic nitrogens is 2. The third-order valence-electron chi connectivity index (χ3n) is 2.12. The number of aryl methyl sites for hydroxylation is 2. The number of pyridine rings is 1. The van der Waals surface area contributed by atoms with Gasteiger partial charge in [-0.15, -0.1) is 11.3 Å². The van der Waals surface area contributed by atoms with Crippen LogP contribution in [0.25, 0.3) is 10.6 Å². The fraction of sp³-hybridized carbons (Fsp3) is 0.182. The molecular formula is C11H10N2OS. The maximum atomic E-state index is 10.5. The first-order valence-electron chi connectivity index (χ1n) is 4.55. The van der Waals surface area contributed by atoms with Crippen LogP contribution in [0, 0.1) is 13.8 Å². The van der Waals surface area contributed by atoms with E-state index >= 15 is 0 Å². The molecule has 0 saturated heterocycles. The molecule has 0 bridgehead atoms. The zero-order chi connectivity index (χ0) is 10.8. The van der Waals surface area contributed by atoms with E-state index in [1.54, 1.807) is 11.6 Å². The van der Waals surface area contributed by atoms with Crippen LogP contribution in [0.1, 0.15) is 21.7 Å². The molecule has 2 heterocycles. The van der Waals surface area contributed by atoms with Gasteiger partial charge in [-0.05, 0) is 25.5 Å². The summed E-state index contributed by atoms with van der Waals surface area (Å²) in [6, 6.07) is 2.01. The first-order chi connectivity index (χ1) is 7.20. The van der Waals surface area contributed by atoms with Crippen molar-refractivity contribution >= 4 is 17.6 Å². The van der Waals surface area contributed by atoms with Gasteiger partial charge in [-0.2, -0.15) is 0 Å². The Labute approximate surface area is 91.8 Å². The van der Waals surface area contributed by atoms with E-state index < -0.39 is 0 Å². The highest BCUT2D eigenvalue weighted by molar-refractivity contribution is 7.13. The Morgan fingerprint density at radius 1 is 1.40 bits per heavy atom. The lowest BCUT2D eigenvalue weighted by atomic mass is 10.1. The van der Waals surface area contributed by atoms with Crippen molar-refractivity contribution in [2.45, 2.75) is 13.8 Å². The lowest BCUT2D eigenvalue weighted by Crippen LogP contribution is -1.88. The average Bonchev–Trinajstić information content (AvgIpc) is 2.66. The summed E-state index contributed by atoms with van der Waals surface area (Å²) < 4.78 is 0. The standard InChI is InChI=1S/C11H10N2OS/c1-7-3-8(2)12-4-10(7)11-13-9(5-14)6-15-11/h3-6H,1-2H3. The SMILES string of the molecule is Cc1cc(C)c(-c2nc(C=O)cs2)cn1. The van der Waals surface area contributed by atoms with Gasteiger partial charge in [-0.3, -0.25) is 9.78 Å². The minimum absolute atomic E-state index is 0.481. The normalized spacial score (nSPS) is 10.3. The highest BCUT2D eigenvalue weighted by Gasteiger charge is 2.07. The highest BCUT2D eigenvalue weighted by atomic mass is 32.1. The van der Waals surface area contributed by atoms with E-state index in [2.05, 4.69) is 9.97 Å². The van der Waals surface area contributed by atoms with Crippen LogP contribution in [-0.2, 0) is 0 Å². The van der Waals surface area contributed by atoms with Crippen LogP contribution in [0.2, 0.25) is 0 Å². The maximum absolute atomic E-state index is 10.5. The maximum Gasteiger partial charge on any atom is 0.169 e. The monoisotopic (exact) mass is 218 g/mol.